The van der Waals surface area contributed by atoms with Crippen molar-refractivity contribution in [3.05, 3.63) is 81.4 Å². The smallest absolute Gasteiger partial charge is 0.346 e. The Labute approximate surface area is 348 Å². The van der Waals surface area contributed by atoms with E-state index >= 15 is 4.79 Å². The van der Waals surface area contributed by atoms with Crippen molar-refractivity contribution in [3.63, 3.8) is 0 Å². The summed E-state index contributed by atoms with van der Waals surface area (Å²) in [5, 5.41) is 37.4. The van der Waals surface area contributed by atoms with Crippen molar-refractivity contribution in [2.75, 3.05) is 0 Å². The summed E-state index contributed by atoms with van der Waals surface area (Å²) in [7, 11) is 0. The normalized spacial score (nSPS) is 41.1. The highest BCUT2D eigenvalue weighted by molar-refractivity contribution is 6.36. The van der Waals surface area contributed by atoms with Gasteiger partial charge in [0, 0.05) is 29.7 Å². The zero-order valence-corrected chi connectivity index (χ0v) is 35.0. The van der Waals surface area contributed by atoms with Gasteiger partial charge in [-0.15, -0.1) is 0 Å². The zero-order valence-electron chi connectivity index (χ0n) is 33.5. The number of allylic oxidation sites excluding steroid dienone is 5. The Bertz CT molecular complexity index is 1990. The second-order valence-electron chi connectivity index (χ2n) is 17.2. The summed E-state index contributed by atoms with van der Waals surface area (Å²) in [6.45, 7) is 9.40. The van der Waals surface area contributed by atoms with Gasteiger partial charge in [0.2, 0.25) is 5.78 Å². The van der Waals surface area contributed by atoms with E-state index in [-0.39, 0.29) is 69.3 Å². The molecule has 1 aromatic heterocycles. The number of carboxylic acids is 1. The molecule has 314 valence electrons. The molecule has 13 atom stereocenters. The number of fused-ring (bicyclic) bond motifs is 4. The molecule has 3 heterocycles. The molecule has 1 spiro atoms. The van der Waals surface area contributed by atoms with E-state index in [2.05, 4.69) is 35.5 Å². The first-order chi connectivity index (χ1) is 27.5. The molecule has 2 saturated heterocycles. The second-order valence-corrected chi connectivity index (χ2v) is 18.1. The molecule has 6 aliphatic rings. The number of aliphatic hydroxyl groups is 2. The second kappa shape index (κ2) is 16.1. The lowest BCUT2D eigenvalue weighted by atomic mass is 9.51. The molecular weight excluding hydrogens is 787 g/mol. The first kappa shape index (κ1) is 42.4. The monoisotopic (exact) mass is 840 g/mol. The topological polar surface area (TPSA) is 184 Å². The number of aromatic nitrogens is 1. The van der Waals surface area contributed by atoms with Gasteiger partial charge in [-0.05, 0) is 82.1 Å². The van der Waals surface area contributed by atoms with E-state index < -0.39 is 76.6 Å². The Morgan fingerprint density at radius 2 is 1.86 bits per heavy atom. The van der Waals surface area contributed by atoms with E-state index in [0.717, 1.165) is 6.42 Å². The maximum absolute atomic E-state index is 15.0. The van der Waals surface area contributed by atoms with Crippen molar-refractivity contribution in [1.82, 2.24) is 10.3 Å². The molecule has 0 radical (unpaired) electrons. The fraction of sp³-hybridized carbons (Fsp3) is 0.591. The van der Waals surface area contributed by atoms with Crippen LogP contribution in [0.3, 0.4) is 0 Å². The maximum Gasteiger partial charge on any atom is 0.346 e. The molecule has 4 aliphatic carbocycles. The molecule has 58 heavy (non-hydrogen) atoms. The minimum atomic E-state index is -1.74. The number of esters is 1. The van der Waals surface area contributed by atoms with Crippen molar-refractivity contribution in [2.24, 2.45) is 40.4 Å². The number of H-pyrrole nitrogens is 1. The molecule has 0 aromatic carbocycles. The van der Waals surface area contributed by atoms with Gasteiger partial charge in [-0.3, -0.25) is 9.59 Å². The van der Waals surface area contributed by atoms with Crippen LogP contribution >= 0.6 is 23.2 Å². The Kier molecular flexibility index (Phi) is 11.8. The van der Waals surface area contributed by atoms with Crippen LogP contribution in [0, 0.1) is 40.4 Å². The van der Waals surface area contributed by atoms with Crippen LogP contribution in [0.1, 0.15) is 96.5 Å². The third-order valence-electron chi connectivity index (χ3n) is 14.2. The van der Waals surface area contributed by atoms with Crippen molar-refractivity contribution in [2.45, 2.75) is 122 Å². The quantitative estimate of drug-likeness (QED) is 0.104. The minimum absolute atomic E-state index is 0.0220. The molecule has 2 bridgehead atoms. The minimum Gasteiger partial charge on any atom is -0.511 e. The van der Waals surface area contributed by atoms with E-state index in [1.54, 1.807) is 26.0 Å². The van der Waals surface area contributed by atoms with Gasteiger partial charge in [-0.25, -0.2) is 9.59 Å². The number of aliphatic carboxylic acids is 1. The largest absolute Gasteiger partial charge is 0.511 e. The lowest BCUT2D eigenvalue weighted by Gasteiger charge is -2.55. The molecule has 7 rings (SSSR count). The number of Topliss-reactive ketones (excluding diaryl/α,β-unsaturated/α-hetero) is 1. The summed E-state index contributed by atoms with van der Waals surface area (Å²) in [5.74, 6) is -4.71. The zero-order chi connectivity index (χ0) is 41.9. The Morgan fingerprint density at radius 1 is 1.10 bits per heavy atom. The number of aromatic amines is 1. The van der Waals surface area contributed by atoms with Crippen LogP contribution in [-0.2, 0) is 28.6 Å². The fourth-order valence-corrected chi connectivity index (χ4v) is 11.5. The molecule has 13 unspecified atom stereocenters. The first-order valence-corrected chi connectivity index (χ1v) is 21.3. The van der Waals surface area contributed by atoms with Gasteiger partial charge in [-0.2, -0.15) is 0 Å². The number of carboxylic acid groups (broad SMARTS) is 1. The number of rotatable bonds is 7. The number of aliphatic hydroxyl groups excluding tert-OH is 2. The number of hydrogen-bond donors (Lipinski definition) is 5. The van der Waals surface area contributed by atoms with Gasteiger partial charge in [0.05, 0.1) is 34.8 Å². The number of carbonyl (C=O) groups excluding carboxylic acids is 3. The predicted octanol–water partition coefficient (Wildman–Crippen LogP) is 7.58. The first-order valence-electron chi connectivity index (χ1n) is 20.5. The van der Waals surface area contributed by atoms with E-state index in [0.29, 0.717) is 32.1 Å². The molecule has 3 fully saturated rings. The third-order valence-corrected chi connectivity index (χ3v) is 14.7. The number of nitrogens with one attached hydrogen (secondary N) is 2. The fourth-order valence-electron chi connectivity index (χ4n) is 11.0. The lowest BCUT2D eigenvalue weighted by molar-refractivity contribution is -0.258. The van der Waals surface area contributed by atoms with Crippen LogP contribution < -0.4 is 5.32 Å². The number of halogens is 2. The van der Waals surface area contributed by atoms with E-state index in [4.69, 9.17) is 37.4 Å². The highest BCUT2D eigenvalue weighted by Gasteiger charge is 2.67. The van der Waals surface area contributed by atoms with Crippen molar-refractivity contribution >= 4 is 46.8 Å². The average molecular weight is 842 g/mol. The van der Waals surface area contributed by atoms with Gasteiger partial charge < -0.3 is 39.8 Å². The van der Waals surface area contributed by atoms with Gasteiger partial charge in [0.25, 0.3) is 5.91 Å². The summed E-state index contributed by atoms with van der Waals surface area (Å²) < 4.78 is 19.3. The van der Waals surface area contributed by atoms with Gasteiger partial charge in [-0.1, -0.05) is 86.5 Å². The summed E-state index contributed by atoms with van der Waals surface area (Å²) in [5.41, 5.74) is -4.19. The Hall–Kier alpha value is -3.68. The number of carbonyl (C=O) groups is 4. The van der Waals surface area contributed by atoms with E-state index in [9.17, 15) is 29.7 Å². The summed E-state index contributed by atoms with van der Waals surface area (Å²) in [4.78, 5) is 57.4. The molecule has 1 saturated carbocycles. The van der Waals surface area contributed by atoms with E-state index in [1.165, 1.54) is 6.07 Å². The molecule has 1 amide bonds. The molecule has 12 nitrogen and oxygen atoms in total. The number of amides is 1. The Balaban J connectivity index is 1.22. The lowest BCUT2D eigenvalue weighted by Crippen LogP contribution is -2.58. The number of ether oxygens (including phenoxy) is 3. The van der Waals surface area contributed by atoms with Crippen LogP contribution in [0.15, 0.2) is 65.5 Å². The third kappa shape index (κ3) is 6.90. The van der Waals surface area contributed by atoms with Gasteiger partial charge >= 0.3 is 11.9 Å². The van der Waals surface area contributed by atoms with Crippen molar-refractivity contribution in [3.8, 4) is 0 Å². The van der Waals surface area contributed by atoms with E-state index in [1.807, 2.05) is 26.0 Å². The molecule has 2 aliphatic heterocycles. The van der Waals surface area contributed by atoms with Gasteiger partial charge in [0.1, 0.15) is 22.2 Å². The standard InChI is InChI=1S/C44H54Cl2N2O10/c1-6-24-20-44-38(51)33(41(55)58-44)37(50)43(7-2)25(12-10-8-9-11-17-42(44,5)21-27(24)40(53)54)14-15-26-28(43)16-13-22(3)36(26)57-32-19-30(49)34(23(4)56-32)48-39(52)35-29(45)18-31(46)47-35/h8,10-11,14-15,17-18,21-26,28,30,32,34,36,47,49-50H,6-7,9,12-13,16,19-20H2,1-5H3,(H,48,52)(H,53,54)/b10-8+,17-11+,37-33?. The number of ketones is 1. The molecular formula is C44H54Cl2N2O10. The van der Waals surface area contributed by atoms with Crippen LogP contribution in [0.4, 0.5) is 0 Å². The summed E-state index contributed by atoms with van der Waals surface area (Å²) in [6, 6.07) is 0.665. The summed E-state index contributed by atoms with van der Waals surface area (Å²) >= 11 is 12.2. The van der Waals surface area contributed by atoms with Crippen LogP contribution in [0.5, 0.6) is 0 Å². The molecule has 14 heteroatoms. The predicted molar refractivity (Wildman–Crippen MR) is 216 cm³/mol. The highest BCUT2D eigenvalue weighted by Crippen LogP contribution is 2.61. The number of hydrogen-bond acceptors (Lipinski definition) is 9. The van der Waals surface area contributed by atoms with Crippen molar-refractivity contribution < 1.29 is 48.7 Å². The van der Waals surface area contributed by atoms with Crippen LogP contribution in [0.25, 0.3) is 0 Å². The SMILES string of the molecule is CCC1CC23OC(=O)C(=C(O)C4(CC)C(C=CC5C(OC6CC(O)C(NC(=O)c7[nH]c(Cl)cc7Cl)C(C)O6)C(C)CCC54)C/C=C/C/C=C/C2(C)C=C1C(=O)O)C3=O. The van der Waals surface area contributed by atoms with Crippen molar-refractivity contribution in [1.29, 1.82) is 0 Å². The van der Waals surface area contributed by atoms with Crippen LogP contribution in [0.2, 0.25) is 10.2 Å². The maximum atomic E-state index is 15.0. The Morgan fingerprint density at radius 3 is 2.52 bits per heavy atom. The molecule has 5 N–H and O–H groups in total. The summed E-state index contributed by atoms with van der Waals surface area (Å²) in [6.07, 6.45) is 14.0. The average Bonchev–Trinajstić information content (AvgIpc) is 3.65. The molecule has 1 aromatic rings. The highest BCUT2D eigenvalue weighted by atomic mass is 35.5. The van der Waals surface area contributed by atoms with Crippen LogP contribution in [-0.4, -0.2) is 80.2 Å². The van der Waals surface area contributed by atoms with Gasteiger partial charge in [0.15, 0.2) is 11.9 Å².